The number of ether oxygens (including phenoxy) is 1. The fourth-order valence-electron chi connectivity index (χ4n) is 3.02. The molecule has 2 aliphatic heterocycles. The Morgan fingerprint density at radius 3 is 2.69 bits per heavy atom. The average Bonchev–Trinajstić information content (AvgIpc) is 2.76. The van der Waals surface area contributed by atoms with Gasteiger partial charge in [0.1, 0.15) is 0 Å². The van der Waals surface area contributed by atoms with E-state index >= 15 is 0 Å². The van der Waals surface area contributed by atoms with Crippen LogP contribution in [0.1, 0.15) is 17.5 Å². The van der Waals surface area contributed by atoms with E-state index in [9.17, 15) is 9.90 Å². The predicted octanol–water partition coefficient (Wildman–Crippen LogP) is 1.74. The Morgan fingerprint density at radius 1 is 1.44 bits per heavy atom. The molecule has 1 aromatic rings. The minimum atomic E-state index is -0.727. The summed E-state index contributed by atoms with van der Waals surface area (Å²) in [6.45, 7) is 2.59. The molecule has 2 bridgehead atoms. The molecule has 3 nitrogen and oxygen atoms in total. The lowest BCUT2D eigenvalue weighted by Crippen LogP contribution is -2.52. The fraction of sp³-hybridized carbons (Fsp3) is 0.462. The van der Waals surface area contributed by atoms with E-state index in [0.29, 0.717) is 6.61 Å². The molecule has 1 aliphatic carbocycles. The molecule has 4 rings (SSSR count). The highest BCUT2D eigenvalue weighted by atomic mass is 16.5. The molecule has 16 heavy (non-hydrogen) atoms. The van der Waals surface area contributed by atoms with Gasteiger partial charge in [0.25, 0.3) is 0 Å². The normalized spacial score (nSPS) is 35.8. The Hall–Kier alpha value is -1.35. The number of carboxylic acids is 1. The Morgan fingerprint density at radius 2 is 2.12 bits per heavy atom. The van der Waals surface area contributed by atoms with Gasteiger partial charge in [0.2, 0.25) is 0 Å². The van der Waals surface area contributed by atoms with Crippen molar-refractivity contribution in [3.05, 3.63) is 35.4 Å². The van der Waals surface area contributed by atoms with Crippen LogP contribution in [0.25, 0.3) is 0 Å². The number of hydrogen-bond donors (Lipinski definition) is 1. The van der Waals surface area contributed by atoms with Gasteiger partial charge in [0.15, 0.2) is 0 Å². The number of benzene rings is 1. The van der Waals surface area contributed by atoms with Crippen LogP contribution in [-0.2, 0) is 14.9 Å². The predicted molar refractivity (Wildman–Crippen MR) is 58.3 cm³/mol. The molecule has 1 saturated carbocycles. The standard InChI is InChI=1S/C13H14O3/c1-8-2-4-9(5-3-8)13-6-10(16-7-13)11(13)12(14)15/h2-5,10-11H,6-7H2,1H3,(H,14,15)/t10-,11+,13-/m0/s1. The van der Waals surface area contributed by atoms with E-state index in [1.165, 1.54) is 5.56 Å². The number of carboxylic acid groups (broad SMARTS) is 1. The van der Waals surface area contributed by atoms with Crippen molar-refractivity contribution in [3.63, 3.8) is 0 Å². The summed E-state index contributed by atoms with van der Waals surface area (Å²) in [7, 11) is 0. The molecule has 3 atom stereocenters. The molecular weight excluding hydrogens is 204 g/mol. The SMILES string of the molecule is Cc1ccc([C@@]23CO[C@@H](C2)[C@@H]3C(=O)O)cc1. The molecule has 2 heterocycles. The number of rotatable bonds is 2. The van der Waals surface area contributed by atoms with Crippen LogP contribution in [0.4, 0.5) is 0 Å². The lowest BCUT2D eigenvalue weighted by molar-refractivity contribution is -0.150. The summed E-state index contributed by atoms with van der Waals surface area (Å²) in [5, 5.41) is 9.22. The highest BCUT2D eigenvalue weighted by Crippen LogP contribution is 2.56. The fourth-order valence-corrected chi connectivity index (χ4v) is 3.02. The molecule has 84 valence electrons. The summed E-state index contributed by atoms with van der Waals surface area (Å²) in [5.41, 5.74) is 2.05. The second kappa shape index (κ2) is 3.08. The van der Waals surface area contributed by atoms with Crippen LogP contribution in [0.15, 0.2) is 24.3 Å². The summed E-state index contributed by atoms with van der Waals surface area (Å²) in [6.07, 6.45) is 0.784. The Balaban J connectivity index is 2.00. The lowest BCUT2D eigenvalue weighted by Gasteiger charge is -2.42. The van der Waals surface area contributed by atoms with Crippen molar-refractivity contribution >= 4 is 5.97 Å². The zero-order chi connectivity index (χ0) is 11.3. The number of aryl methyl sites for hydroxylation is 1. The smallest absolute Gasteiger partial charge is 0.310 e. The second-order valence-corrected chi connectivity index (χ2v) is 4.89. The van der Waals surface area contributed by atoms with E-state index in [2.05, 4.69) is 0 Å². The van der Waals surface area contributed by atoms with Crippen LogP contribution >= 0.6 is 0 Å². The van der Waals surface area contributed by atoms with Crippen molar-refractivity contribution in [2.24, 2.45) is 5.92 Å². The summed E-state index contributed by atoms with van der Waals surface area (Å²) >= 11 is 0. The highest BCUT2D eigenvalue weighted by molar-refractivity contribution is 5.76. The van der Waals surface area contributed by atoms with Crippen molar-refractivity contribution in [3.8, 4) is 0 Å². The molecule has 1 N–H and O–H groups in total. The van der Waals surface area contributed by atoms with E-state index in [0.717, 1.165) is 12.0 Å². The Kier molecular flexibility index (Phi) is 1.89. The second-order valence-electron chi connectivity index (χ2n) is 4.89. The van der Waals surface area contributed by atoms with Gasteiger partial charge in [0, 0.05) is 5.41 Å². The lowest BCUT2D eigenvalue weighted by atomic mass is 9.57. The molecule has 0 spiro atoms. The van der Waals surface area contributed by atoms with Crippen LogP contribution in [0.5, 0.6) is 0 Å². The molecular formula is C13H14O3. The van der Waals surface area contributed by atoms with Crippen LogP contribution < -0.4 is 0 Å². The molecule has 3 fully saturated rings. The molecule has 0 unspecified atom stereocenters. The summed E-state index contributed by atoms with van der Waals surface area (Å²) < 4.78 is 5.51. The maximum absolute atomic E-state index is 11.2. The van der Waals surface area contributed by atoms with Gasteiger partial charge in [-0.3, -0.25) is 4.79 Å². The third-order valence-corrected chi connectivity index (χ3v) is 3.98. The Bertz CT molecular complexity index is 433. The first-order chi connectivity index (χ1) is 7.63. The molecule has 3 heteroatoms. The molecule has 0 aromatic heterocycles. The van der Waals surface area contributed by atoms with Crippen LogP contribution in [0.3, 0.4) is 0 Å². The molecule has 0 radical (unpaired) electrons. The van der Waals surface area contributed by atoms with Crippen molar-refractivity contribution in [1.82, 2.24) is 0 Å². The summed E-state index contributed by atoms with van der Waals surface area (Å²) in [5.74, 6) is -1.08. The summed E-state index contributed by atoms with van der Waals surface area (Å²) in [4.78, 5) is 11.2. The maximum Gasteiger partial charge on any atom is 0.310 e. The average molecular weight is 218 g/mol. The highest BCUT2D eigenvalue weighted by Gasteiger charge is 2.64. The third kappa shape index (κ3) is 1.09. The van der Waals surface area contributed by atoms with Gasteiger partial charge >= 0.3 is 5.97 Å². The van der Waals surface area contributed by atoms with Crippen molar-refractivity contribution < 1.29 is 14.6 Å². The van der Waals surface area contributed by atoms with Gasteiger partial charge in [-0.1, -0.05) is 29.8 Å². The van der Waals surface area contributed by atoms with Gasteiger partial charge in [-0.05, 0) is 18.9 Å². The first-order valence-electron chi connectivity index (χ1n) is 5.55. The van der Waals surface area contributed by atoms with Crippen molar-refractivity contribution in [1.29, 1.82) is 0 Å². The van der Waals surface area contributed by atoms with E-state index in [4.69, 9.17) is 4.74 Å². The zero-order valence-corrected chi connectivity index (χ0v) is 9.14. The number of fused-ring (bicyclic) bond motifs is 1. The zero-order valence-electron chi connectivity index (χ0n) is 9.14. The largest absolute Gasteiger partial charge is 0.481 e. The summed E-state index contributed by atoms with van der Waals surface area (Å²) in [6, 6.07) is 8.15. The van der Waals surface area contributed by atoms with Crippen LogP contribution in [0, 0.1) is 12.8 Å². The topological polar surface area (TPSA) is 46.5 Å². The van der Waals surface area contributed by atoms with Gasteiger partial charge in [-0.25, -0.2) is 0 Å². The Labute approximate surface area is 94.0 Å². The van der Waals surface area contributed by atoms with E-state index in [1.807, 2.05) is 31.2 Å². The number of carbonyl (C=O) groups is 1. The van der Waals surface area contributed by atoms with Gasteiger partial charge in [0.05, 0.1) is 18.6 Å². The van der Waals surface area contributed by atoms with Crippen molar-refractivity contribution in [2.75, 3.05) is 6.61 Å². The van der Waals surface area contributed by atoms with Crippen LogP contribution in [-0.4, -0.2) is 23.8 Å². The monoisotopic (exact) mass is 218 g/mol. The minimum absolute atomic E-state index is 0.0706. The van der Waals surface area contributed by atoms with Crippen molar-refractivity contribution in [2.45, 2.75) is 24.9 Å². The van der Waals surface area contributed by atoms with Gasteiger partial charge in [-0.15, -0.1) is 0 Å². The van der Waals surface area contributed by atoms with Crippen LogP contribution in [0.2, 0.25) is 0 Å². The van der Waals surface area contributed by atoms with Gasteiger partial charge in [-0.2, -0.15) is 0 Å². The van der Waals surface area contributed by atoms with Gasteiger partial charge < -0.3 is 9.84 Å². The maximum atomic E-state index is 11.2. The van der Waals surface area contributed by atoms with E-state index in [-0.39, 0.29) is 17.4 Å². The first kappa shape index (κ1) is 9.85. The van der Waals surface area contributed by atoms with E-state index < -0.39 is 5.97 Å². The first-order valence-corrected chi connectivity index (χ1v) is 5.55. The number of aliphatic carboxylic acids is 1. The number of hydrogen-bond acceptors (Lipinski definition) is 2. The quantitative estimate of drug-likeness (QED) is 0.822. The third-order valence-electron chi connectivity index (χ3n) is 3.98. The minimum Gasteiger partial charge on any atom is -0.481 e. The molecule has 2 saturated heterocycles. The van der Waals surface area contributed by atoms with E-state index in [1.54, 1.807) is 0 Å². The molecule has 0 amide bonds. The molecule has 1 aromatic carbocycles. The molecule has 3 aliphatic rings.